The van der Waals surface area contributed by atoms with Gasteiger partial charge in [-0.25, -0.2) is 24.9 Å². The maximum absolute atomic E-state index is 6.28. The minimum absolute atomic E-state index is 0.0808. The lowest BCUT2D eigenvalue weighted by molar-refractivity contribution is 0.0721. The van der Waals surface area contributed by atoms with Crippen molar-refractivity contribution in [3.05, 3.63) is 41.4 Å². The molecule has 1 fully saturated rings. The minimum atomic E-state index is -0.116. The number of hydrogen-bond acceptors (Lipinski definition) is 6. The Morgan fingerprint density at radius 1 is 0.759 bits per heavy atom. The molecule has 2 atom stereocenters. The van der Waals surface area contributed by atoms with Crippen LogP contribution in [-0.4, -0.2) is 24.9 Å². The first-order valence-electron chi connectivity index (χ1n) is 10.3. The van der Waals surface area contributed by atoms with Crippen molar-refractivity contribution >= 4 is 11.0 Å². The molecule has 3 aromatic rings. The van der Waals surface area contributed by atoms with Crippen molar-refractivity contribution in [1.29, 1.82) is 0 Å². The van der Waals surface area contributed by atoms with Crippen LogP contribution in [0.5, 0.6) is 0 Å². The zero-order valence-corrected chi connectivity index (χ0v) is 17.9. The van der Waals surface area contributed by atoms with E-state index in [2.05, 4.69) is 56.5 Å². The molecule has 2 aliphatic heterocycles. The van der Waals surface area contributed by atoms with Crippen LogP contribution in [0.25, 0.3) is 22.3 Å². The van der Waals surface area contributed by atoms with Gasteiger partial charge >= 0.3 is 0 Å². The van der Waals surface area contributed by atoms with Gasteiger partial charge in [0, 0.05) is 39.9 Å². The number of fused-ring (bicyclic) bond motifs is 7. The van der Waals surface area contributed by atoms with E-state index in [4.69, 9.17) is 14.7 Å². The summed E-state index contributed by atoms with van der Waals surface area (Å²) in [5.41, 5.74) is 5.73. The third kappa shape index (κ3) is 2.92. The van der Waals surface area contributed by atoms with Gasteiger partial charge in [-0.2, -0.15) is 0 Å². The van der Waals surface area contributed by atoms with Gasteiger partial charge in [0.1, 0.15) is 17.2 Å². The van der Waals surface area contributed by atoms with E-state index in [-0.39, 0.29) is 23.0 Å². The molecule has 29 heavy (non-hydrogen) atoms. The average molecular weight is 390 g/mol. The van der Waals surface area contributed by atoms with Gasteiger partial charge in [0.15, 0.2) is 0 Å². The van der Waals surface area contributed by atoms with Crippen LogP contribution in [0.4, 0.5) is 0 Å². The molecule has 0 spiro atoms. The summed E-state index contributed by atoms with van der Waals surface area (Å²) in [4.78, 5) is 23.7. The second kappa shape index (κ2) is 6.02. The van der Waals surface area contributed by atoms with Gasteiger partial charge < -0.3 is 4.74 Å². The molecule has 2 bridgehead atoms. The fourth-order valence-electron chi connectivity index (χ4n) is 4.22. The first-order chi connectivity index (χ1) is 13.6. The first-order valence-corrected chi connectivity index (χ1v) is 10.3. The largest absolute Gasteiger partial charge is 0.365 e. The Bertz CT molecular complexity index is 1110. The standard InChI is InChI=1S/C23H27N5O/c1-22(2,3)20-24-9-12(10-25-20)18-16-14-7-8-15(29-14)17(16)19-13(27-18)11-26-21(28-19)23(4,5)6/h9-11,14-15H,7-8H2,1-6H3. The molecule has 5 heterocycles. The number of rotatable bonds is 1. The highest BCUT2D eigenvalue weighted by Crippen LogP contribution is 2.54. The van der Waals surface area contributed by atoms with Gasteiger partial charge in [0.05, 0.1) is 29.6 Å². The third-order valence-corrected chi connectivity index (χ3v) is 5.73. The number of aromatic nitrogens is 5. The summed E-state index contributed by atoms with van der Waals surface area (Å²) >= 11 is 0. The number of hydrogen-bond donors (Lipinski definition) is 0. The predicted molar refractivity (Wildman–Crippen MR) is 112 cm³/mol. The minimum Gasteiger partial charge on any atom is -0.365 e. The molecular formula is C23H27N5O. The molecule has 150 valence electrons. The highest BCUT2D eigenvalue weighted by molar-refractivity contribution is 5.85. The molecule has 5 rings (SSSR count). The van der Waals surface area contributed by atoms with Crippen LogP contribution in [0.1, 0.15) is 89.4 Å². The third-order valence-electron chi connectivity index (χ3n) is 5.73. The summed E-state index contributed by atoms with van der Waals surface area (Å²) in [7, 11) is 0. The Hall–Kier alpha value is -2.47. The Balaban J connectivity index is 1.73. The average Bonchev–Trinajstić information content (AvgIpc) is 3.28. The normalized spacial score (nSPS) is 21.0. The maximum atomic E-state index is 6.28. The summed E-state index contributed by atoms with van der Waals surface area (Å²) in [5.74, 6) is 1.66. The Kier molecular flexibility index (Phi) is 3.85. The summed E-state index contributed by atoms with van der Waals surface area (Å²) in [6.45, 7) is 12.7. The quantitative estimate of drug-likeness (QED) is 0.584. The molecule has 2 unspecified atom stereocenters. The van der Waals surface area contributed by atoms with Crippen molar-refractivity contribution in [2.24, 2.45) is 0 Å². The topological polar surface area (TPSA) is 73.7 Å². The van der Waals surface area contributed by atoms with E-state index in [1.54, 1.807) is 0 Å². The number of ether oxygens (including phenoxy) is 1. The van der Waals surface area contributed by atoms with Gasteiger partial charge in [-0.05, 0) is 12.8 Å². The first kappa shape index (κ1) is 18.6. The van der Waals surface area contributed by atoms with Crippen LogP contribution in [0, 0.1) is 0 Å². The van der Waals surface area contributed by atoms with Crippen molar-refractivity contribution < 1.29 is 4.74 Å². The summed E-state index contributed by atoms with van der Waals surface area (Å²) in [5, 5.41) is 0. The number of nitrogens with zero attached hydrogens (tertiary/aromatic N) is 5. The van der Waals surface area contributed by atoms with E-state index >= 15 is 0 Å². The van der Waals surface area contributed by atoms with Crippen LogP contribution < -0.4 is 0 Å². The Labute approximate surface area is 171 Å². The second-order valence-electron chi connectivity index (χ2n) is 10.2. The highest BCUT2D eigenvalue weighted by atomic mass is 16.5. The highest BCUT2D eigenvalue weighted by Gasteiger charge is 2.42. The van der Waals surface area contributed by atoms with Gasteiger partial charge in [-0.15, -0.1) is 0 Å². The van der Waals surface area contributed by atoms with E-state index in [9.17, 15) is 0 Å². The van der Waals surface area contributed by atoms with Gasteiger partial charge in [-0.3, -0.25) is 0 Å². The smallest absolute Gasteiger partial charge is 0.134 e. The molecule has 0 aromatic carbocycles. The van der Waals surface area contributed by atoms with Gasteiger partial charge in [-0.1, -0.05) is 41.5 Å². The zero-order chi connectivity index (χ0) is 20.6. The van der Waals surface area contributed by atoms with Crippen LogP contribution in [0.2, 0.25) is 0 Å². The molecule has 6 heteroatoms. The molecule has 0 aliphatic carbocycles. The lowest BCUT2D eigenvalue weighted by Gasteiger charge is -2.21. The Morgan fingerprint density at radius 3 is 1.97 bits per heavy atom. The molecule has 2 aliphatic rings. The van der Waals surface area contributed by atoms with Crippen LogP contribution in [0.15, 0.2) is 18.6 Å². The fraction of sp³-hybridized carbons (Fsp3) is 0.522. The van der Waals surface area contributed by atoms with E-state index in [1.165, 1.54) is 11.1 Å². The second-order valence-corrected chi connectivity index (χ2v) is 10.2. The fourth-order valence-corrected chi connectivity index (χ4v) is 4.22. The Morgan fingerprint density at radius 2 is 1.34 bits per heavy atom. The number of pyridine rings is 1. The lowest BCUT2D eigenvalue weighted by atomic mass is 9.88. The van der Waals surface area contributed by atoms with Gasteiger partial charge in [0.2, 0.25) is 0 Å². The van der Waals surface area contributed by atoms with E-state index in [1.807, 2.05) is 18.6 Å². The van der Waals surface area contributed by atoms with E-state index in [0.717, 1.165) is 46.8 Å². The molecule has 0 radical (unpaired) electrons. The van der Waals surface area contributed by atoms with Crippen LogP contribution >= 0.6 is 0 Å². The van der Waals surface area contributed by atoms with Crippen molar-refractivity contribution in [1.82, 2.24) is 24.9 Å². The van der Waals surface area contributed by atoms with Crippen LogP contribution in [0.3, 0.4) is 0 Å². The summed E-state index contributed by atoms with van der Waals surface area (Å²) < 4.78 is 6.28. The monoisotopic (exact) mass is 389 g/mol. The molecule has 0 amide bonds. The summed E-state index contributed by atoms with van der Waals surface area (Å²) in [6.07, 6.45) is 7.86. The summed E-state index contributed by atoms with van der Waals surface area (Å²) in [6, 6.07) is 0. The van der Waals surface area contributed by atoms with Crippen molar-refractivity contribution in [3.63, 3.8) is 0 Å². The van der Waals surface area contributed by atoms with E-state index in [0.29, 0.717) is 0 Å². The maximum Gasteiger partial charge on any atom is 0.134 e. The molecule has 0 saturated carbocycles. The van der Waals surface area contributed by atoms with Gasteiger partial charge in [0.25, 0.3) is 0 Å². The van der Waals surface area contributed by atoms with Crippen molar-refractivity contribution in [2.75, 3.05) is 0 Å². The zero-order valence-electron chi connectivity index (χ0n) is 17.9. The lowest BCUT2D eigenvalue weighted by Crippen LogP contribution is -2.17. The van der Waals surface area contributed by atoms with E-state index < -0.39 is 0 Å². The van der Waals surface area contributed by atoms with Crippen LogP contribution in [-0.2, 0) is 15.6 Å². The molecule has 3 aromatic heterocycles. The van der Waals surface area contributed by atoms with Crippen molar-refractivity contribution in [2.45, 2.75) is 77.4 Å². The SMILES string of the molecule is CC(C)(C)c1ncc(-c2nc3cnc(C(C)(C)C)nc3c3c2C2CCC3O2)cn1. The molecule has 1 saturated heterocycles. The molecule has 6 nitrogen and oxygen atoms in total. The molecular weight excluding hydrogens is 362 g/mol. The van der Waals surface area contributed by atoms with Crippen molar-refractivity contribution in [3.8, 4) is 11.3 Å². The molecule has 0 N–H and O–H groups in total. The predicted octanol–water partition coefficient (Wildman–Crippen LogP) is 4.98.